The van der Waals surface area contributed by atoms with Crippen LogP contribution in [0.5, 0.6) is 0 Å². The summed E-state index contributed by atoms with van der Waals surface area (Å²) in [6, 6.07) is 3.70. The Bertz CT molecular complexity index is 598. The van der Waals surface area contributed by atoms with Crippen LogP contribution in [0.1, 0.15) is 25.0 Å². The largest absolute Gasteiger partial charge is 0.366 e. The number of fused-ring (bicyclic) bond motifs is 1. The SMILES string of the molecule is CC1(C)c2c(Cl)cc(Cl)cc2CCN1C(=O)[C@H]1CNCCO1. The molecule has 120 valence electrons. The Balaban J connectivity index is 1.93. The van der Waals surface area contributed by atoms with Crippen molar-refractivity contribution in [3.05, 3.63) is 33.3 Å². The van der Waals surface area contributed by atoms with Crippen LogP contribution < -0.4 is 5.32 Å². The van der Waals surface area contributed by atoms with Crippen molar-refractivity contribution in [1.29, 1.82) is 0 Å². The standard InChI is InChI=1S/C16H20Cl2N2O2/c1-16(2)14-10(7-11(17)8-12(14)18)3-5-20(16)15(21)13-9-19-4-6-22-13/h7-8,13,19H,3-6,9H2,1-2H3/t13-/m1/s1. The number of amides is 1. The van der Waals surface area contributed by atoms with E-state index in [2.05, 4.69) is 5.32 Å². The molecule has 1 amide bonds. The van der Waals surface area contributed by atoms with Gasteiger partial charge >= 0.3 is 0 Å². The van der Waals surface area contributed by atoms with Crippen molar-refractivity contribution < 1.29 is 9.53 Å². The minimum absolute atomic E-state index is 0.0221. The molecule has 1 saturated heterocycles. The van der Waals surface area contributed by atoms with E-state index in [1.807, 2.05) is 24.8 Å². The third-order valence-corrected chi connectivity index (χ3v) is 5.01. The maximum Gasteiger partial charge on any atom is 0.253 e. The van der Waals surface area contributed by atoms with Gasteiger partial charge in [-0.2, -0.15) is 0 Å². The quantitative estimate of drug-likeness (QED) is 0.852. The normalized spacial score (nSPS) is 24.0. The van der Waals surface area contributed by atoms with Crippen LogP contribution in [0, 0.1) is 0 Å². The van der Waals surface area contributed by atoms with E-state index in [0.717, 1.165) is 24.1 Å². The topological polar surface area (TPSA) is 41.6 Å². The number of hydrogen-bond donors (Lipinski definition) is 1. The Morgan fingerprint density at radius 1 is 1.41 bits per heavy atom. The van der Waals surface area contributed by atoms with Crippen molar-refractivity contribution in [3.63, 3.8) is 0 Å². The molecule has 0 aliphatic carbocycles. The number of benzene rings is 1. The smallest absolute Gasteiger partial charge is 0.253 e. The number of ether oxygens (including phenoxy) is 1. The molecule has 0 radical (unpaired) electrons. The summed E-state index contributed by atoms with van der Waals surface area (Å²) in [4.78, 5) is 14.7. The van der Waals surface area contributed by atoms with Gasteiger partial charge in [0, 0.05) is 29.7 Å². The second kappa shape index (κ2) is 6.00. The summed E-state index contributed by atoms with van der Waals surface area (Å²) in [5.74, 6) is 0.0221. The van der Waals surface area contributed by atoms with E-state index in [1.165, 1.54) is 0 Å². The molecule has 22 heavy (non-hydrogen) atoms. The van der Waals surface area contributed by atoms with Crippen molar-refractivity contribution in [2.45, 2.75) is 31.9 Å². The van der Waals surface area contributed by atoms with E-state index in [0.29, 0.717) is 29.7 Å². The molecule has 0 bridgehead atoms. The lowest BCUT2D eigenvalue weighted by Gasteiger charge is -2.46. The predicted molar refractivity (Wildman–Crippen MR) is 87.5 cm³/mol. The van der Waals surface area contributed by atoms with Crippen molar-refractivity contribution in [2.24, 2.45) is 0 Å². The summed E-state index contributed by atoms with van der Waals surface area (Å²) in [5.41, 5.74) is 1.63. The maximum atomic E-state index is 12.8. The maximum absolute atomic E-state index is 12.8. The molecule has 3 rings (SSSR count). The molecular weight excluding hydrogens is 323 g/mol. The third-order valence-electron chi connectivity index (χ3n) is 4.50. The molecule has 0 aromatic heterocycles. The first-order valence-corrected chi connectivity index (χ1v) is 8.29. The second-order valence-electron chi connectivity index (χ2n) is 6.28. The number of halogens is 2. The molecule has 2 heterocycles. The summed E-state index contributed by atoms with van der Waals surface area (Å²) in [6.07, 6.45) is 0.339. The lowest BCUT2D eigenvalue weighted by Crippen LogP contribution is -2.57. The average molecular weight is 343 g/mol. The first-order valence-electron chi connectivity index (χ1n) is 7.53. The predicted octanol–water partition coefficient (Wildman–Crippen LogP) is 2.60. The summed E-state index contributed by atoms with van der Waals surface area (Å²) in [7, 11) is 0. The Hall–Kier alpha value is -0.810. The van der Waals surface area contributed by atoms with Crippen molar-refractivity contribution in [2.75, 3.05) is 26.2 Å². The number of carbonyl (C=O) groups is 1. The number of carbonyl (C=O) groups excluding carboxylic acids is 1. The van der Waals surface area contributed by atoms with Gasteiger partial charge in [-0.25, -0.2) is 0 Å². The molecular formula is C16H20Cl2N2O2. The first kappa shape index (κ1) is 16.1. The van der Waals surface area contributed by atoms with Gasteiger partial charge in [-0.3, -0.25) is 4.79 Å². The van der Waals surface area contributed by atoms with Gasteiger partial charge in [-0.15, -0.1) is 0 Å². The van der Waals surface area contributed by atoms with Gasteiger partial charge in [0.25, 0.3) is 5.91 Å². The molecule has 2 aliphatic rings. The Morgan fingerprint density at radius 3 is 2.86 bits per heavy atom. The van der Waals surface area contributed by atoms with Gasteiger partial charge in [-0.05, 0) is 43.5 Å². The van der Waals surface area contributed by atoms with Crippen molar-refractivity contribution >= 4 is 29.1 Å². The fourth-order valence-corrected chi connectivity index (χ4v) is 4.21. The van der Waals surface area contributed by atoms with E-state index in [-0.39, 0.29) is 5.91 Å². The van der Waals surface area contributed by atoms with E-state index in [9.17, 15) is 4.79 Å². The summed E-state index contributed by atoms with van der Waals surface area (Å²) in [5, 5.41) is 4.46. The highest BCUT2D eigenvalue weighted by atomic mass is 35.5. The van der Waals surface area contributed by atoms with Crippen LogP contribution in [0.15, 0.2) is 12.1 Å². The second-order valence-corrected chi connectivity index (χ2v) is 7.13. The molecule has 4 nitrogen and oxygen atoms in total. The Kier molecular flexibility index (Phi) is 4.38. The molecule has 1 fully saturated rings. The minimum Gasteiger partial charge on any atom is -0.366 e. The zero-order chi connectivity index (χ0) is 15.9. The highest BCUT2D eigenvalue weighted by molar-refractivity contribution is 6.35. The van der Waals surface area contributed by atoms with Crippen LogP contribution in [0.4, 0.5) is 0 Å². The monoisotopic (exact) mass is 342 g/mol. The van der Waals surface area contributed by atoms with E-state index >= 15 is 0 Å². The van der Waals surface area contributed by atoms with Crippen LogP contribution >= 0.6 is 23.2 Å². The average Bonchev–Trinajstić information content (AvgIpc) is 2.46. The van der Waals surface area contributed by atoms with Gasteiger partial charge in [0.1, 0.15) is 6.10 Å². The van der Waals surface area contributed by atoms with Crippen molar-refractivity contribution in [1.82, 2.24) is 10.2 Å². The fourth-order valence-electron chi connectivity index (χ4n) is 3.44. The van der Waals surface area contributed by atoms with Gasteiger partial charge in [-0.1, -0.05) is 23.2 Å². The molecule has 6 heteroatoms. The molecule has 1 aromatic carbocycles. The van der Waals surface area contributed by atoms with E-state index < -0.39 is 11.6 Å². The van der Waals surface area contributed by atoms with Crippen LogP contribution in [0.25, 0.3) is 0 Å². The molecule has 1 atom stereocenters. The lowest BCUT2D eigenvalue weighted by atomic mass is 9.83. The summed E-state index contributed by atoms with van der Waals surface area (Å²) < 4.78 is 5.62. The molecule has 2 aliphatic heterocycles. The van der Waals surface area contributed by atoms with Crippen LogP contribution in [-0.2, 0) is 21.5 Å². The fraction of sp³-hybridized carbons (Fsp3) is 0.562. The summed E-state index contributed by atoms with van der Waals surface area (Å²) in [6.45, 7) is 6.62. The number of nitrogens with one attached hydrogen (secondary N) is 1. The Morgan fingerprint density at radius 2 is 2.18 bits per heavy atom. The zero-order valence-electron chi connectivity index (χ0n) is 12.8. The van der Waals surface area contributed by atoms with Crippen LogP contribution in [-0.4, -0.2) is 43.2 Å². The van der Waals surface area contributed by atoms with Gasteiger partial charge in [0.15, 0.2) is 0 Å². The number of hydrogen-bond acceptors (Lipinski definition) is 3. The lowest BCUT2D eigenvalue weighted by molar-refractivity contribution is -0.151. The molecule has 1 N–H and O–H groups in total. The number of morpholine rings is 1. The number of nitrogens with zero attached hydrogens (tertiary/aromatic N) is 1. The third kappa shape index (κ3) is 2.73. The Labute approximate surface area is 140 Å². The van der Waals surface area contributed by atoms with Crippen LogP contribution in [0.2, 0.25) is 10.0 Å². The molecule has 0 spiro atoms. The highest BCUT2D eigenvalue weighted by Gasteiger charge is 2.41. The zero-order valence-corrected chi connectivity index (χ0v) is 14.3. The molecule has 0 saturated carbocycles. The molecule has 1 aromatic rings. The van der Waals surface area contributed by atoms with Gasteiger partial charge < -0.3 is 15.0 Å². The minimum atomic E-state index is -0.479. The number of rotatable bonds is 1. The van der Waals surface area contributed by atoms with E-state index in [1.54, 1.807) is 6.07 Å². The van der Waals surface area contributed by atoms with E-state index in [4.69, 9.17) is 27.9 Å². The summed E-state index contributed by atoms with van der Waals surface area (Å²) >= 11 is 12.5. The van der Waals surface area contributed by atoms with Gasteiger partial charge in [0.2, 0.25) is 0 Å². The first-order chi connectivity index (χ1) is 10.4. The highest BCUT2D eigenvalue weighted by Crippen LogP contribution is 2.41. The van der Waals surface area contributed by atoms with Crippen LogP contribution in [0.3, 0.4) is 0 Å². The van der Waals surface area contributed by atoms with Crippen molar-refractivity contribution in [3.8, 4) is 0 Å². The molecule has 0 unspecified atom stereocenters. The van der Waals surface area contributed by atoms with Gasteiger partial charge in [0.05, 0.1) is 12.1 Å².